The Morgan fingerprint density at radius 3 is 2.69 bits per heavy atom. The van der Waals surface area contributed by atoms with Gasteiger partial charge in [0.1, 0.15) is 5.75 Å². The number of benzene rings is 2. The number of hydrogen-bond donors (Lipinski definition) is 3. The van der Waals surface area contributed by atoms with E-state index in [1.807, 2.05) is 26.8 Å². The molecule has 170 valence electrons. The molecule has 1 aliphatic rings. The zero-order valence-corrected chi connectivity index (χ0v) is 21.4. The molecule has 3 rings (SSSR count). The van der Waals surface area contributed by atoms with Crippen LogP contribution in [0, 0.1) is 6.92 Å². The molecule has 0 spiro atoms. The molecule has 1 unspecified atom stereocenters. The Morgan fingerprint density at radius 2 is 2.00 bits per heavy atom. The number of halogens is 2. The number of rotatable bonds is 7. The first-order valence-electron chi connectivity index (χ1n) is 10.1. The van der Waals surface area contributed by atoms with Crippen LogP contribution in [0.1, 0.15) is 49.8 Å². The van der Waals surface area contributed by atoms with E-state index in [1.54, 1.807) is 31.2 Å². The van der Waals surface area contributed by atoms with Crippen LogP contribution in [0.2, 0.25) is 0 Å². The molecule has 2 amide bonds. The number of ether oxygens (including phenoxy) is 1. The molecule has 0 bridgehead atoms. The number of carbonyl (C=O) groups excluding carboxylic acids is 2. The van der Waals surface area contributed by atoms with E-state index in [9.17, 15) is 14.7 Å². The Hall–Kier alpha value is -2.23. The Bertz CT molecular complexity index is 1100. The Labute approximate surface area is 203 Å². The average molecular weight is 567 g/mol. The maximum Gasteiger partial charge on any atom is 0.277 e. The van der Waals surface area contributed by atoms with Gasteiger partial charge in [0.05, 0.1) is 4.47 Å². The number of carbonyl (C=O) groups is 2. The van der Waals surface area contributed by atoms with Crippen LogP contribution < -0.4 is 15.5 Å². The van der Waals surface area contributed by atoms with E-state index in [0.717, 1.165) is 20.1 Å². The summed E-state index contributed by atoms with van der Waals surface area (Å²) in [7, 11) is 0. The first-order valence-corrected chi connectivity index (χ1v) is 11.7. The molecular formula is C23H25Br2N3O4. The van der Waals surface area contributed by atoms with Crippen molar-refractivity contribution in [3.05, 3.63) is 56.0 Å². The summed E-state index contributed by atoms with van der Waals surface area (Å²) in [5.41, 5.74) is 4.11. The second-order valence-corrected chi connectivity index (χ2v) is 9.74. The molecule has 32 heavy (non-hydrogen) atoms. The van der Waals surface area contributed by atoms with Gasteiger partial charge >= 0.3 is 0 Å². The fourth-order valence-corrected chi connectivity index (χ4v) is 5.05. The second kappa shape index (κ2) is 9.72. The molecule has 0 saturated heterocycles. The summed E-state index contributed by atoms with van der Waals surface area (Å²) in [6.07, 6.45) is -0.0507. The maximum absolute atomic E-state index is 12.4. The van der Waals surface area contributed by atoms with Crippen LogP contribution in [0.25, 0.3) is 0 Å². The third-order valence-electron chi connectivity index (χ3n) is 5.20. The molecule has 0 aromatic heterocycles. The van der Waals surface area contributed by atoms with Crippen molar-refractivity contribution in [3.63, 3.8) is 0 Å². The molecule has 1 atom stereocenters. The molecule has 1 heterocycles. The fraction of sp³-hybridized carbons (Fsp3) is 0.348. The Kier molecular flexibility index (Phi) is 7.42. The summed E-state index contributed by atoms with van der Waals surface area (Å²) in [6, 6.07) is 8.95. The number of aryl methyl sites for hydroxylation is 1. The van der Waals surface area contributed by atoms with Crippen molar-refractivity contribution in [2.24, 2.45) is 5.10 Å². The summed E-state index contributed by atoms with van der Waals surface area (Å²) < 4.78 is 7.54. The molecule has 2 aromatic rings. The standard InChI is InChI=1S/C23H25Br2N3O4/c1-12(2)19-16(24)9-13(3)20(25)21(19)32-11-18(29)28-27-14(4)10-23(31)15-7-5-6-8-17(15)26-22(23)30/h5-9,12,31H,10-11H2,1-4H3,(H,26,30)(H,28,29). The lowest BCUT2D eigenvalue weighted by Gasteiger charge is -2.20. The molecule has 7 nitrogen and oxygen atoms in total. The van der Waals surface area contributed by atoms with E-state index in [-0.39, 0.29) is 18.9 Å². The fourth-order valence-electron chi connectivity index (χ4n) is 3.63. The van der Waals surface area contributed by atoms with Crippen molar-refractivity contribution < 1.29 is 19.4 Å². The van der Waals surface area contributed by atoms with Gasteiger partial charge in [0, 0.05) is 33.4 Å². The zero-order chi connectivity index (χ0) is 23.6. The van der Waals surface area contributed by atoms with Crippen molar-refractivity contribution in [1.82, 2.24) is 5.43 Å². The summed E-state index contributed by atoms with van der Waals surface area (Å²) in [6.45, 7) is 7.44. The van der Waals surface area contributed by atoms with Crippen LogP contribution in [0.3, 0.4) is 0 Å². The highest BCUT2D eigenvalue weighted by molar-refractivity contribution is 9.11. The van der Waals surface area contributed by atoms with Crippen molar-refractivity contribution in [1.29, 1.82) is 0 Å². The lowest BCUT2D eigenvalue weighted by molar-refractivity contribution is -0.132. The topological polar surface area (TPSA) is 100 Å². The normalized spacial score (nSPS) is 17.9. The van der Waals surface area contributed by atoms with E-state index in [4.69, 9.17) is 4.74 Å². The molecule has 2 aromatic carbocycles. The van der Waals surface area contributed by atoms with E-state index >= 15 is 0 Å². The molecule has 0 fully saturated rings. The average Bonchev–Trinajstić information content (AvgIpc) is 2.97. The van der Waals surface area contributed by atoms with Gasteiger partial charge in [0.2, 0.25) is 0 Å². The molecular weight excluding hydrogens is 542 g/mol. The van der Waals surface area contributed by atoms with Crippen LogP contribution >= 0.6 is 31.9 Å². The van der Waals surface area contributed by atoms with Crippen LogP contribution in [0.4, 0.5) is 5.69 Å². The number of fused-ring (bicyclic) bond motifs is 1. The smallest absolute Gasteiger partial charge is 0.277 e. The van der Waals surface area contributed by atoms with Crippen molar-refractivity contribution >= 4 is 55.1 Å². The molecule has 0 radical (unpaired) electrons. The molecule has 1 aliphatic heterocycles. The monoisotopic (exact) mass is 565 g/mol. The molecule has 9 heteroatoms. The lowest BCUT2D eigenvalue weighted by atomic mass is 9.90. The summed E-state index contributed by atoms with van der Waals surface area (Å²) in [5.74, 6) is -0.178. The quantitative estimate of drug-likeness (QED) is 0.333. The summed E-state index contributed by atoms with van der Waals surface area (Å²) in [5, 5.41) is 17.6. The van der Waals surface area contributed by atoms with E-state index in [2.05, 4.69) is 47.7 Å². The highest BCUT2D eigenvalue weighted by atomic mass is 79.9. The minimum Gasteiger partial charge on any atom is -0.482 e. The van der Waals surface area contributed by atoms with Crippen LogP contribution in [0.15, 0.2) is 44.4 Å². The van der Waals surface area contributed by atoms with Crippen molar-refractivity contribution in [2.45, 2.75) is 45.6 Å². The van der Waals surface area contributed by atoms with Gasteiger partial charge in [0.25, 0.3) is 11.8 Å². The van der Waals surface area contributed by atoms with Gasteiger partial charge in [-0.3, -0.25) is 9.59 Å². The number of hydrogen-bond acceptors (Lipinski definition) is 5. The number of para-hydroxylation sites is 1. The molecule has 0 aliphatic carbocycles. The van der Waals surface area contributed by atoms with E-state index in [0.29, 0.717) is 22.7 Å². The minimum atomic E-state index is -1.73. The lowest BCUT2D eigenvalue weighted by Crippen LogP contribution is -2.36. The summed E-state index contributed by atoms with van der Waals surface area (Å²) >= 11 is 7.12. The largest absolute Gasteiger partial charge is 0.482 e. The Morgan fingerprint density at radius 1 is 1.31 bits per heavy atom. The van der Waals surface area contributed by atoms with E-state index < -0.39 is 17.4 Å². The van der Waals surface area contributed by atoms with Gasteiger partial charge in [-0.05, 0) is 53.4 Å². The van der Waals surface area contributed by atoms with Crippen LogP contribution in [-0.4, -0.2) is 29.2 Å². The van der Waals surface area contributed by atoms with Crippen molar-refractivity contribution in [3.8, 4) is 5.75 Å². The number of amides is 2. The number of hydrazone groups is 1. The number of nitrogens with one attached hydrogen (secondary N) is 2. The van der Waals surface area contributed by atoms with Gasteiger partial charge in [-0.2, -0.15) is 5.10 Å². The van der Waals surface area contributed by atoms with Crippen LogP contribution in [-0.2, 0) is 15.2 Å². The Balaban J connectivity index is 1.66. The number of aliphatic hydroxyl groups is 1. The van der Waals surface area contributed by atoms with Gasteiger partial charge in [0.15, 0.2) is 12.2 Å². The van der Waals surface area contributed by atoms with E-state index in [1.165, 1.54) is 0 Å². The highest BCUT2D eigenvalue weighted by Crippen LogP contribution is 2.41. The number of anilines is 1. The third-order valence-corrected chi connectivity index (χ3v) is 6.84. The van der Waals surface area contributed by atoms with Gasteiger partial charge in [-0.25, -0.2) is 5.43 Å². The van der Waals surface area contributed by atoms with Gasteiger partial charge < -0.3 is 15.2 Å². The first-order chi connectivity index (χ1) is 15.0. The first kappa shape index (κ1) is 24.4. The zero-order valence-electron chi connectivity index (χ0n) is 18.3. The minimum absolute atomic E-state index is 0.0507. The van der Waals surface area contributed by atoms with Gasteiger partial charge in [-0.15, -0.1) is 0 Å². The van der Waals surface area contributed by atoms with Crippen LogP contribution in [0.5, 0.6) is 5.75 Å². The third kappa shape index (κ3) is 4.89. The van der Waals surface area contributed by atoms with Gasteiger partial charge in [-0.1, -0.05) is 48.0 Å². The second-order valence-electron chi connectivity index (χ2n) is 8.09. The maximum atomic E-state index is 12.4. The predicted molar refractivity (Wildman–Crippen MR) is 131 cm³/mol. The number of nitrogens with zero attached hydrogens (tertiary/aromatic N) is 1. The molecule has 0 saturated carbocycles. The van der Waals surface area contributed by atoms with Crippen molar-refractivity contribution in [2.75, 3.05) is 11.9 Å². The summed E-state index contributed by atoms with van der Waals surface area (Å²) in [4.78, 5) is 24.7. The SMILES string of the molecule is CC(CC1(O)C(=O)Nc2ccccc21)=NNC(=O)COc1c(Br)c(C)cc(Br)c1C(C)C. The molecule has 3 N–H and O–H groups in total. The highest BCUT2D eigenvalue weighted by Gasteiger charge is 2.45. The predicted octanol–water partition coefficient (Wildman–Crippen LogP) is 4.74.